The third-order valence-electron chi connectivity index (χ3n) is 4.40. The second kappa shape index (κ2) is 5.20. The number of fused-ring (bicyclic) bond motifs is 1. The minimum Gasteiger partial charge on any atom is -0.350 e. The van der Waals surface area contributed by atoms with Crippen molar-refractivity contribution in [2.24, 2.45) is 7.05 Å². The van der Waals surface area contributed by atoms with E-state index in [1.807, 2.05) is 73.3 Å². The van der Waals surface area contributed by atoms with Gasteiger partial charge in [0, 0.05) is 29.7 Å². The lowest BCUT2D eigenvalue weighted by atomic mass is 9.95. The van der Waals surface area contributed by atoms with Gasteiger partial charge < -0.3 is 4.57 Å². The Kier molecular flexibility index (Phi) is 3.13. The molecule has 1 aromatic heterocycles. The Morgan fingerprint density at radius 2 is 1.67 bits per heavy atom. The number of aryl methyl sites for hydroxylation is 2. The van der Waals surface area contributed by atoms with E-state index in [1.54, 1.807) is 0 Å². The van der Waals surface area contributed by atoms with Gasteiger partial charge >= 0.3 is 0 Å². The van der Waals surface area contributed by atoms with E-state index in [0.717, 1.165) is 27.6 Å². The molecule has 2 heterocycles. The number of hydrogen-bond acceptors (Lipinski definition) is 2. The largest absolute Gasteiger partial charge is 0.350 e. The molecule has 0 unspecified atom stereocenters. The summed E-state index contributed by atoms with van der Waals surface area (Å²) in [6.45, 7) is 1.97. The van der Waals surface area contributed by atoms with Gasteiger partial charge in [0.15, 0.2) is 0 Å². The summed E-state index contributed by atoms with van der Waals surface area (Å²) in [6.07, 6.45) is 1.91. The average Bonchev–Trinajstić information content (AvgIpc) is 3.04. The van der Waals surface area contributed by atoms with Crippen LogP contribution in [0.2, 0.25) is 0 Å². The topological polar surface area (TPSA) is 51.1 Å². The molecular weight excluding hydrogens is 300 g/mol. The fraction of sp³-hybridized carbons (Fsp3) is 0.100. The molecule has 0 saturated heterocycles. The molecule has 2 amide bonds. The van der Waals surface area contributed by atoms with Crippen molar-refractivity contribution in [3.05, 3.63) is 71.4 Å². The monoisotopic (exact) mass is 316 g/mol. The zero-order chi connectivity index (χ0) is 16.8. The Hall–Kier alpha value is -3.14. The van der Waals surface area contributed by atoms with E-state index in [2.05, 4.69) is 5.32 Å². The van der Waals surface area contributed by atoms with Crippen LogP contribution < -0.4 is 5.32 Å². The summed E-state index contributed by atoms with van der Waals surface area (Å²) in [5, 5.41) is 3.41. The molecule has 4 heteroatoms. The fourth-order valence-electron chi connectivity index (χ4n) is 3.33. The average molecular weight is 316 g/mol. The van der Waals surface area contributed by atoms with E-state index in [1.165, 1.54) is 0 Å². The molecule has 0 aliphatic carbocycles. The van der Waals surface area contributed by atoms with Gasteiger partial charge in [0.05, 0.1) is 11.1 Å². The first-order chi connectivity index (χ1) is 11.6. The molecule has 1 aliphatic rings. The molecule has 4 rings (SSSR count). The number of rotatable bonds is 2. The first-order valence-electron chi connectivity index (χ1n) is 7.77. The Bertz CT molecular complexity index is 1040. The SMILES string of the molecule is Cc1cccc(C2=C(c3cn(C)c4ccccc34)C(=O)NC2=O)c1. The third-order valence-corrected chi connectivity index (χ3v) is 4.40. The molecule has 0 atom stereocenters. The third kappa shape index (κ3) is 2.07. The highest BCUT2D eigenvalue weighted by Crippen LogP contribution is 2.35. The molecular formula is C20H16N2O2. The van der Waals surface area contributed by atoms with Gasteiger partial charge in [0.2, 0.25) is 0 Å². The number of amides is 2. The summed E-state index contributed by atoms with van der Waals surface area (Å²) >= 11 is 0. The molecule has 1 N–H and O–H groups in total. The molecule has 118 valence electrons. The molecule has 0 bridgehead atoms. The minimum atomic E-state index is -0.340. The van der Waals surface area contributed by atoms with Crippen molar-refractivity contribution < 1.29 is 9.59 Å². The summed E-state index contributed by atoms with van der Waals surface area (Å²) in [6, 6.07) is 15.5. The maximum atomic E-state index is 12.5. The Balaban J connectivity index is 2.05. The summed E-state index contributed by atoms with van der Waals surface area (Å²) < 4.78 is 1.97. The van der Waals surface area contributed by atoms with E-state index in [9.17, 15) is 9.59 Å². The second-order valence-electron chi connectivity index (χ2n) is 6.07. The van der Waals surface area contributed by atoms with Crippen molar-refractivity contribution >= 4 is 33.9 Å². The number of nitrogens with zero attached hydrogens (tertiary/aromatic N) is 1. The van der Waals surface area contributed by atoms with Crippen LogP contribution in [0.3, 0.4) is 0 Å². The van der Waals surface area contributed by atoms with E-state index in [-0.39, 0.29) is 11.8 Å². The highest BCUT2D eigenvalue weighted by atomic mass is 16.2. The summed E-state index contributed by atoms with van der Waals surface area (Å²) in [5.41, 5.74) is 4.51. The van der Waals surface area contributed by atoms with Crippen molar-refractivity contribution in [1.82, 2.24) is 9.88 Å². The predicted octanol–water partition coefficient (Wildman–Crippen LogP) is 3.05. The van der Waals surface area contributed by atoms with Crippen LogP contribution in [0.4, 0.5) is 0 Å². The van der Waals surface area contributed by atoms with Crippen molar-refractivity contribution in [3.63, 3.8) is 0 Å². The normalized spacial score (nSPS) is 14.6. The number of para-hydroxylation sites is 1. The molecule has 2 aromatic carbocycles. The first kappa shape index (κ1) is 14.5. The Morgan fingerprint density at radius 1 is 0.917 bits per heavy atom. The highest BCUT2D eigenvalue weighted by molar-refractivity contribution is 6.50. The van der Waals surface area contributed by atoms with Crippen molar-refractivity contribution in [2.45, 2.75) is 6.92 Å². The van der Waals surface area contributed by atoms with E-state index < -0.39 is 0 Å². The molecule has 0 spiro atoms. The van der Waals surface area contributed by atoms with E-state index in [0.29, 0.717) is 11.1 Å². The van der Waals surface area contributed by atoms with Crippen LogP contribution in [0, 0.1) is 6.92 Å². The molecule has 0 saturated carbocycles. The van der Waals surface area contributed by atoms with Gasteiger partial charge in [-0.3, -0.25) is 14.9 Å². The standard InChI is InChI=1S/C20H16N2O2/c1-12-6-5-7-13(10-12)17-18(20(24)21-19(17)23)15-11-22(2)16-9-4-3-8-14(15)16/h3-11H,1-2H3,(H,21,23,24). The number of benzene rings is 2. The molecule has 0 radical (unpaired) electrons. The highest BCUT2D eigenvalue weighted by Gasteiger charge is 2.33. The van der Waals surface area contributed by atoms with Crippen LogP contribution in [0.25, 0.3) is 22.0 Å². The second-order valence-corrected chi connectivity index (χ2v) is 6.07. The van der Waals surface area contributed by atoms with Gasteiger partial charge in [-0.1, -0.05) is 48.0 Å². The number of imide groups is 1. The van der Waals surface area contributed by atoms with Gasteiger partial charge in [-0.05, 0) is 18.6 Å². The van der Waals surface area contributed by atoms with Crippen LogP contribution in [0.15, 0.2) is 54.7 Å². The quantitative estimate of drug-likeness (QED) is 0.739. The zero-order valence-corrected chi connectivity index (χ0v) is 13.5. The van der Waals surface area contributed by atoms with Gasteiger partial charge in [-0.2, -0.15) is 0 Å². The number of aromatic nitrogens is 1. The van der Waals surface area contributed by atoms with Crippen LogP contribution in [0.1, 0.15) is 16.7 Å². The maximum absolute atomic E-state index is 12.5. The molecule has 24 heavy (non-hydrogen) atoms. The maximum Gasteiger partial charge on any atom is 0.259 e. The first-order valence-corrected chi connectivity index (χ1v) is 7.77. The predicted molar refractivity (Wildman–Crippen MR) is 94.1 cm³/mol. The van der Waals surface area contributed by atoms with Crippen molar-refractivity contribution in [3.8, 4) is 0 Å². The van der Waals surface area contributed by atoms with Crippen molar-refractivity contribution in [2.75, 3.05) is 0 Å². The van der Waals surface area contributed by atoms with Gasteiger partial charge in [-0.25, -0.2) is 0 Å². The van der Waals surface area contributed by atoms with Crippen molar-refractivity contribution in [1.29, 1.82) is 0 Å². The van der Waals surface area contributed by atoms with Crippen LogP contribution in [-0.4, -0.2) is 16.4 Å². The van der Waals surface area contributed by atoms with E-state index in [4.69, 9.17) is 0 Å². The van der Waals surface area contributed by atoms with Gasteiger partial charge in [0.25, 0.3) is 11.8 Å². The number of hydrogen-bond donors (Lipinski definition) is 1. The van der Waals surface area contributed by atoms with Gasteiger partial charge in [-0.15, -0.1) is 0 Å². The molecule has 3 aromatic rings. The van der Waals surface area contributed by atoms with Gasteiger partial charge in [0.1, 0.15) is 0 Å². The lowest BCUT2D eigenvalue weighted by Crippen LogP contribution is -2.22. The fourth-order valence-corrected chi connectivity index (χ4v) is 3.33. The number of nitrogens with one attached hydrogen (secondary N) is 1. The summed E-state index contributed by atoms with van der Waals surface area (Å²) in [7, 11) is 1.94. The van der Waals surface area contributed by atoms with Crippen LogP contribution in [-0.2, 0) is 16.6 Å². The summed E-state index contributed by atoms with van der Waals surface area (Å²) in [5.74, 6) is -0.679. The van der Waals surface area contributed by atoms with Crippen LogP contribution >= 0.6 is 0 Å². The number of carbonyl (C=O) groups excluding carboxylic acids is 2. The Labute approximate surface area is 139 Å². The van der Waals surface area contributed by atoms with Crippen LogP contribution in [0.5, 0.6) is 0 Å². The molecule has 4 nitrogen and oxygen atoms in total. The molecule has 0 fully saturated rings. The minimum absolute atomic E-state index is 0.339. The zero-order valence-electron chi connectivity index (χ0n) is 13.5. The number of carbonyl (C=O) groups is 2. The lowest BCUT2D eigenvalue weighted by molar-refractivity contribution is -0.122. The molecule has 1 aliphatic heterocycles. The smallest absolute Gasteiger partial charge is 0.259 e. The van der Waals surface area contributed by atoms with E-state index >= 15 is 0 Å². The lowest BCUT2D eigenvalue weighted by Gasteiger charge is -2.05. The Morgan fingerprint density at radius 3 is 2.46 bits per heavy atom. The summed E-state index contributed by atoms with van der Waals surface area (Å²) in [4.78, 5) is 24.9.